The fraction of sp³-hybridized carbons (Fsp3) is 1.00. The van der Waals surface area contributed by atoms with E-state index in [2.05, 4.69) is 12.0 Å². The molecule has 1 saturated heterocycles. The molecule has 0 radical (unpaired) electrons. The summed E-state index contributed by atoms with van der Waals surface area (Å²) in [6.45, 7) is 4.09. The van der Waals surface area contributed by atoms with Crippen molar-refractivity contribution in [1.82, 2.24) is 5.09 Å². The zero-order valence-electron chi connectivity index (χ0n) is 7.41. The summed E-state index contributed by atoms with van der Waals surface area (Å²) in [6, 6.07) is 0. The molecule has 72 valence electrons. The Bertz CT molecular complexity index is 167. The Morgan fingerprint density at radius 1 is 1.67 bits per heavy atom. The van der Waals surface area contributed by atoms with Crippen molar-refractivity contribution in [1.29, 1.82) is 0 Å². The summed E-state index contributed by atoms with van der Waals surface area (Å²) < 4.78 is 5.59. The molecule has 1 atom stereocenters. The van der Waals surface area contributed by atoms with Crippen LogP contribution in [0.4, 0.5) is 0 Å². The molecule has 0 unspecified atom stereocenters. The number of rotatable bonds is 4. The molecule has 0 aliphatic carbocycles. The van der Waals surface area contributed by atoms with E-state index in [1.807, 2.05) is 11.4 Å². The molecule has 0 saturated carbocycles. The van der Waals surface area contributed by atoms with E-state index in [0.29, 0.717) is 0 Å². The SMILES string of the molecule is CCCCS[P@]1(=S)NCCCO1. The molecule has 1 fully saturated rings. The summed E-state index contributed by atoms with van der Waals surface area (Å²) in [6.07, 6.45) is 3.59. The summed E-state index contributed by atoms with van der Waals surface area (Å²) >= 11 is 7.22. The van der Waals surface area contributed by atoms with Gasteiger partial charge in [0.1, 0.15) is 0 Å². The van der Waals surface area contributed by atoms with Crippen LogP contribution in [0.15, 0.2) is 0 Å². The number of hydrogen-bond acceptors (Lipinski definition) is 3. The van der Waals surface area contributed by atoms with Crippen LogP contribution in [0.5, 0.6) is 0 Å². The van der Waals surface area contributed by atoms with Crippen LogP contribution >= 0.6 is 17.0 Å². The van der Waals surface area contributed by atoms with Crippen molar-refractivity contribution < 1.29 is 4.52 Å². The molecule has 2 nitrogen and oxygen atoms in total. The molecule has 1 aliphatic heterocycles. The van der Waals surface area contributed by atoms with Crippen LogP contribution in [0.25, 0.3) is 0 Å². The summed E-state index contributed by atoms with van der Waals surface area (Å²) in [4.78, 5) is 0. The molecule has 1 heterocycles. The van der Waals surface area contributed by atoms with Gasteiger partial charge in [0.2, 0.25) is 0 Å². The molecule has 0 bridgehead atoms. The molecular weight excluding hydrogens is 209 g/mol. The van der Waals surface area contributed by atoms with E-state index < -0.39 is 5.62 Å². The van der Waals surface area contributed by atoms with Gasteiger partial charge in [-0.15, -0.1) is 0 Å². The number of nitrogens with one attached hydrogen (secondary N) is 1. The van der Waals surface area contributed by atoms with Gasteiger partial charge in [-0.25, -0.2) is 0 Å². The van der Waals surface area contributed by atoms with Gasteiger partial charge in [0.05, 0.1) is 6.61 Å². The second kappa shape index (κ2) is 5.61. The quantitative estimate of drug-likeness (QED) is 0.586. The summed E-state index contributed by atoms with van der Waals surface area (Å²) in [5, 5.41) is 3.32. The standard InChI is InChI=1S/C7H16NOPS2/c1-2-3-7-12-10(11)8-5-4-6-9-10/h2-7H2,1H3,(H,8,11)/t10-/m1/s1. The molecule has 0 aromatic rings. The van der Waals surface area contributed by atoms with Crippen molar-refractivity contribution in [3.63, 3.8) is 0 Å². The van der Waals surface area contributed by atoms with Crippen LogP contribution in [0.3, 0.4) is 0 Å². The van der Waals surface area contributed by atoms with E-state index in [1.165, 1.54) is 12.8 Å². The van der Waals surface area contributed by atoms with Crippen molar-refractivity contribution in [3.8, 4) is 0 Å². The molecule has 1 rings (SSSR count). The van der Waals surface area contributed by atoms with Gasteiger partial charge in [-0.3, -0.25) is 5.09 Å². The third kappa shape index (κ3) is 3.75. The Morgan fingerprint density at radius 2 is 2.50 bits per heavy atom. The van der Waals surface area contributed by atoms with Gasteiger partial charge in [0, 0.05) is 12.3 Å². The van der Waals surface area contributed by atoms with Gasteiger partial charge in [0.15, 0.2) is 5.62 Å². The summed E-state index contributed by atoms with van der Waals surface area (Å²) in [7, 11) is 0. The predicted octanol–water partition coefficient (Wildman–Crippen LogP) is 2.75. The minimum atomic E-state index is -1.64. The third-order valence-electron chi connectivity index (χ3n) is 1.65. The molecule has 0 aromatic carbocycles. The molecule has 5 heteroatoms. The highest BCUT2D eigenvalue weighted by atomic mass is 32.9. The van der Waals surface area contributed by atoms with Crippen molar-refractivity contribution in [3.05, 3.63) is 0 Å². The van der Waals surface area contributed by atoms with Gasteiger partial charge < -0.3 is 4.52 Å². The maximum Gasteiger partial charge on any atom is 0.185 e. The molecule has 0 aromatic heterocycles. The van der Waals surface area contributed by atoms with Gasteiger partial charge >= 0.3 is 0 Å². The second-order valence-corrected chi connectivity index (χ2v) is 9.57. The Kier molecular flexibility index (Phi) is 5.14. The van der Waals surface area contributed by atoms with Crippen LogP contribution in [0.1, 0.15) is 26.2 Å². The van der Waals surface area contributed by atoms with Crippen molar-refractivity contribution in [2.45, 2.75) is 26.2 Å². The first kappa shape index (κ1) is 11.0. The maximum absolute atomic E-state index is 5.59. The van der Waals surface area contributed by atoms with Crippen LogP contribution in [0, 0.1) is 0 Å². The van der Waals surface area contributed by atoms with Gasteiger partial charge in [-0.2, -0.15) is 0 Å². The first-order valence-corrected chi connectivity index (χ1v) is 8.72. The second-order valence-electron chi connectivity index (χ2n) is 2.78. The van der Waals surface area contributed by atoms with E-state index in [1.54, 1.807) is 0 Å². The summed E-state index contributed by atoms with van der Waals surface area (Å²) in [5.41, 5.74) is -1.64. The Balaban J connectivity index is 2.22. The maximum atomic E-state index is 5.59. The van der Waals surface area contributed by atoms with Crippen molar-refractivity contribution >= 4 is 28.8 Å². The predicted molar refractivity (Wildman–Crippen MR) is 60.2 cm³/mol. The van der Waals surface area contributed by atoms with E-state index in [4.69, 9.17) is 16.3 Å². The smallest absolute Gasteiger partial charge is 0.185 e. The van der Waals surface area contributed by atoms with E-state index in [-0.39, 0.29) is 0 Å². The topological polar surface area (TPSA) is 21.3 Å². The molecule has 1 aliphatic rings. The van der Waals surface area contributed by atoms with Crippen LogP contribution in [-0.2, 0) is 16.3 Å². The average molecular weight is 225 g/mol. The number of unbranched alkanes of at least 4 members (excludes halogenated alkanes) is 1. The average Bonchev–Trinajstić information content (AvgIpc) is 2.06. The molecule has 0 amide bonds. The van der Waals surface area contributed by atoms with Crippen LogP contribution < -0.4 is 5.09 Å². The summed E-state index contributed by atoms with van der Waals surface area (Å²) in [5.74, 6) is 1.14. The molecule has 0 spiro atoms. The first-order chi connectivity index (χ1) is 5.77. The lowest BCUT2D eigenvalue weighted by molar-refractivity contribution is 0.324. The highest BCUT2D eigenvalue weighted by Gasteiger charge is 2.20. The third-order valence-corrected chi connectivity index (χ3v) is 7.51. The van der Waals surface area contributed by atoms with Gasteiger partial charge in [-0.05, 0) is 24.6 Å². The highest BCUT2D eigenvalue weighted by molar-refractivity contribution is 8.68. The lowest BCUT2D eigenvalue weighted by Crippen LogP contribution is -2.19. The molecule has 1 N–H and O–H groups in total. The Morgan fingerprint density at radius 3 is 3.08 bits per heavy atom. The van der Waals surface area contributed by atoms with Crippen molar-refractivity contribution in [2.24, 2.45) is 0 Å². The van der Waals surface area contributed by atoms with E-state index >= 15 is 0 Å². The molecule has 12 heavy (non-hydrogen) atoms. The normalized spacial score (nSPS) is 30.4. The Labute approximate surface area is 83.7 Å². The Hall–Kier alpha value is 0.920. The lowest BCUT2D eigenvalue weighted by Gasteiger charge is -2.26. The fourth-order valence-electron chi connectivity index (χ4n) is 0.931. The van der Waals surface area contributed by atoms with Gasteiger partial charge in [-0.1, -0.05) is 24.7 Å². The zero-order chi connectivity index (χ0) is 8.86. The largest absolute Gasteiger partial charge is 0.330 e. The lowest BCUT2D eigenvalue weighted by atomic mass is 10.4. The van der Waals surface area contributed by atoms with Crippen LogP contribution in [-0.4, -0.2) is 18.9 Å². The molecular formula is C7H16NOPS2. The monoisotopic (exact) mass is 225 g/mol. The minimum absolute atomic E-state index is 0.851. The number of hydrogen-bond donors (Lipinski definition) is 1. The van der Waals surface area contributed by atoms with E-state index in [0.717, 1.165) is 25.3 Å². The van der Waals surface area contributed by atoms with E-state index in [9.17, 15) is 0 Å². The van der Waals surface area contributed by atoms with Gasteiger partial charge in [0.25, 0.3) is 0 Å². The zero-order valence-corrected chi connectivity index (χ0v) is 9.94. The van der Waals surface area contributed by atoms with Crippen molar-refractivity contribution in [2.75, 3.05) is 18.9 Å². The van der Waals surface area contributed by atoms with Crippen LogP contribution in [0.2, 0.25) is 0 Å². The highest BCUT2D eigenvalue weighted by Crippen LogP contribution is 2.57. The fourth-order valence-corrected chi connectivity index (χ4v) is 5.92. The minimum Gasteiger partial charge on any atom is -0.330 e. The first-order valence-electron chi connectivity index (χ1n) is 4.41.